The van der Waals surface area contributed by atoms with Gasteiger partial charge in [0.05, 0.1) is 22.1 Å². The molecule has 1 N–H and O–H groups in total. The lowest BCUT2D eigenvalue weighted by Crippen LogP contribution is -2.34. The van der Waals surface area contributed by atoms with Gasteiger partial charge in [0.25, 0.3) is 5.91 Å². The molecule has 4 rings (SSSR count). The van der Waals surface area contributed by atoms with Gasteiger partial charge in [-0.15, -0.1) is 11.3 Å². The minimum Gasteiger partial charge on any atom is -0.486 e. The first-order chi connectivity index (χ1) is 13.1. The molecule has 1 aliphatic heterocycles. The molecule has 5 nitrogen and oxygen atoms in total. The number of fused-ring (bicyclic) bond motifs is 1. The predicted octanol–water partition coefficient (Wildman–Crippen LogP) is 4.31. The molecule has 1 aromatic carbocycles. The third kappa shape index (κ3) is 3.95. The summed E-state index contributed by atoms with van der Waals surface area (Å²) in [5, 5.41) is 6.08. The van der Waals surface area contributed by atoms with Crippen LogP contribution in [-0.4, -0.2) is 34.8 Å². The van der Waals surface area contributed by atoms with Crippen LogP contribution in [0.1, 0.15) is 15.2 Å². The molecular formula is C19H16ClN3O2S2. The lowest BCUT2D eigenvalue weighted by molar-refractivity contribution is 0.0937. The van der Waals surface area contributed by atoms with Crippen LogP contribution in [0, 0.1) is 0 Å². The highest BCUT2D eigenvalue weighted by Gasteiger charge is 2.26. The van der Waals surface area contributed by atoms with Gasteiger partial charge < -0.3 is 10.1 Å². The molecule has 3 heterocycles. The quantitative estimate of drug-likeness (QED) is 0.495. The van der Waals surface area contributed by atoms with Crippen molar-refractivity contribution in [1.82, 2.24) is 15.3 Å². The van der Waals surface area contributed by atoms with Crippen LogP contribution >= 0.6 is 34.7 Å². The average Bonchev–Trinajstić information content (AvgIpc) is 3.36. The van der Waals surface area contributed by atoms with Crippen LogP contribution in [0.5, 0.6) is 5.75 Å². The minimum atomic E-state index is -0.135. The van der Waals surface area contributed by atoms with Gasteiger partial charge in [-0.3, -0.25) is 4.79 Å². The Bertz CT molecular complexity index is 979. The summed E-state index contributed by atoms with van der Waals surface area (Å²) in [6.45, 7) is 0.432. The van der Waals surface area contributed by atoms with Crippen LogP contribution < -0.4 is 10.1 Å². The third-order valence-electron chi connectivity index (χ3n) is 4.20. The summed E-state index contributed by atoms with van der Waals surface area (Å²) < 4.78 is 5.96. The number of hydrogen-bond acceptors (Lipinski definition) is 6. The number of rotatable bonds is 5. The standard InChI is InChI=1S/C19H16ClN3O2S2/c1-26-19-21-5-4-15(23-19)11-7-12-8-13(25-17(12)14(20)9-11)10-22-18(24)16-3-2-6-27-16/h2-7,9,13H,8,10H2,1H3,(H,22,24)/t13-/m0/s1. The second-order valence-electron chi connectivity index (χ2n) is 6.01. The van der Waals surface area contributed by atoms with Gasteiger partial charge in [-0.1, -0.05) is 29.4 Å². The van der Waals surface area contributed by atoms with Gasteiger partial charge in [0.2, 0.25) is 0 Å². The predicted molar refractivity (Wildman–Crippen MR) is 109 cm³/mol. The van der Waals surface area contributed by atoms with Crippen molar-refractivity contribution in [2.24, 2.45) is 0 Å². The van der Waals surface area contributed by atoms with E-state index in [1.165, 1.54) is 23.1 Å². The van der Waals surface area contributed by atoms with E-state index in [9.17, 15) is 4.79 Å². The maximum atomic E-state index is 12.1. The number of ether oxygens (including phenoxy) is 1. The lowest BCUT2D eigenvalue weighted by atomic mass is 10.0. The molecule has 0 fully saturated rings. The largest absolute Gasteiger partial charge is 0.486 e. The second-order valence-corrected chi connectivity index (χ2v) is 8.13. The Labute approximate surface area is 170 Å². The van der Waals surface area contributed by atoms with E-state index in [0.717, 1.165) is 22.0 Å². The highest BCUT2D eigenvalue weighted by atomic mass is 35.5. The van der Waals surface area contributed by atoms with Crippen LogP contribution in [-0.2, 0) is 6.42 Å². The first kappa shape index (κ1) is 18.3. The monoisotopic (exact) mass is 417 g/mol. The van der Waals surface area contributed by atoms with Crippen molar-refractivity contribution in [2.75, 3.05) is 12.8 Å². The van der Waals surface area contributed by atoms with Gasteiger partial charge in [-0.25, -0.2) is 9.97 Å². The van der Waals surface area contributed by atoms with Gasteiger partial charge in [0, 0.05) is 23.7 Å². The molecule has 8 heteroatoms. The molecule has 0 aliphatic carbocycles. The number of benzene rings is 1. The molecular weight excluding hydrogens is 402 g/mol. The maximum absolute atomic E-state index is 12.1. The van der Waals surface area contributed by atoms with Gasteiger partial charge in [-0.2, -0.15) is 0 Å². The van der Waals surface area contributed by atoms with Crippen molar-refractivity contribution in [3.8, 4) is 17.0 Å². The molecule has 0 saturated heterocycles. The van der Waals surface area contributed by atoms with Crippen LogP contribution in [0.25, 0.3) is 11.3 Å². The summed E-state index contributed by atoms with van der Waals surface area (Å²) in [5.74, 6) is 0.608. The van der Waals surface area contributed by atoms with Gasteiger partial charge in [-0.05, 0) is 35.9 Å². The molecule has 1 atom stereocenters. The summed E-state index contributed by atoms with van der Waals surface area (Å²) >= 11 is 9.36. The van der Waals surface area contributed by atoms with E-state index in [1.807, 2.05) is 29.8 Å². The zero-order valence-electron chi connectivity index (χ0n) is 14.4. The molecule has 0 bridgehead atoms. The summed E-state index contributed by atoms with van der Waals surface area (Å²) in [6, 6.07) is 9.44. The Hall–Kier alpha value is -2.09. The molecule has 0 unspecified atom stereocenters. The fourth-order valence-electron chi connectivity index (χ4n) is 2.95. The van der Waals surface area contributed by atoms with Crippen LogP contribution in [0.2, 0.25) is 5.02 Å². The number of thiophene rings is 1. The first-order valence-electron chi connectivity index (χ1n) is 8.32. The minimum absolute atomic E-state index is 0.0816. The number of hydrogen-bond donors (Lipinski definition) is 1. The van der Waals surface area contributed by atoms with Gasteiger partial charge in [0.1, 0.15) is 11.9 Å². The number of thioether (sulfide) groups is 1. The fraction of sp³-hybridized carbons (Fsp3) is 0.211. The van der Waals surface area contributed by atoms with Crippen molar-refractivity contribution < 1.29 is 9.53 Å². The number of amides is 1. The number of carbonyl (C=O) groups excluding carboxylic acids is 1. The average molecular weight is 418 g/mol. The number of halogens is 1. The Morgan fingerprint density at radius 3 is 3.11 bits per heavy atom. The normalized spacial score (nSPS) is 15.3. The molecule has 27 heavy (non-hydrogen) atoms. The highest BCUT2D eigenvalue weighted by Crippen LogP contribution is 2.39. The van der Waals surface area contributed by atoms with Crippen LogP contribution in [0.15, 0.2) is 47.1 Å². The second kappa shape index (κ2) is 7.88. The molecule has 1 aliphatic rings. The zero-order valence-corrected chi connectivity index (χ0v) is 16.8. The summed E-state index contributed by atoms with van der Waals surface area (Å²) in [6.07, 6.45) is 4.24. The SMILES string of the molecule is CSc1nccc(-c2cc(Cl)c3c(c2)C[C@@H](CNC(=O)c2cccs2)O3)n1. The van der Waals surface area contributed by atoms with E-state index < -0.39 is 0 Å². The fourth-order valence-corrected chi connectivity index (χ4v) is 4.23. The maximum Gasteiger partial charge on any atom is 0.261 e. The first-order valence-corrected chi connectivity index (χ1v) is 10.8. The Kier molecular flexibility index (Phi) is 5.33. The molecule has 3 aromatic rings. The molecule has 0 radical (unpaired) electrons. The van der Waals surface area contributed by atoms with Crippen molar-refractivity contribution >= 4 is 40.6 Å². The molecule has 1 amide bonds. The zero-order chi connectivity index (χ0) is 18.8. The van der Waals surface area contributed by atoms with E-state index in [2.05, 4.69) is 21.4 Å². The Morgan fingerprint density at radius 1 is 1.44 bits per heavy atom. The summed E-state index contributed by atoms with van der Waals surface area (Å²) in [4.78, 5) is 21.5. The summed E-state index contributed by atoms with van der Waals surface area (Å²) in [5.41, 5.74) is 2.79. The highest BCUT2D eigenvalue weighted by molar-refractivity contribution is 7.98. The number of nitrogens with one attached hydrogen (secondary N) is 1. The van der Waals surface area contributed by atoms with Crippen molar-refractivity contribution in [2.45, 2.75) is 17.7 Å². The molecule has 138 valence electrons. The molecule has 0 saturated carbocycles. The van der Waals surface area contributed by atoms with E-state index in [4.69, 9.17) is 16.3 Å². The number of carbonyl (C=O) groups is 1. The summed E-state index contributed by atoms with van der Waals surface area (Å²) in [7, 11) is 0. The van der Waals surface area contributed by atoms with Crippen LogP contribution in [0.3, 0.4) is 0 Å². The van der Waals surface area contributed by atoms with Crippen molar-refractivity contribution in [3.63, 3.8) is 0 Å². The Balaban J connectivity index is 1.48. The topological polar surface area (TPSA) is 64.1 Å². The third-order valence-corrected chi connectivity index (χ3v) is 5.91. The van der Waals surface area contributed by atoms with Crippen LogP contribution in [0.4, 0.5) is 0 Å². The molecule has 2 aromatic heterocycles. The van der Waals surface area contributed by atoms with Crippen molar-refractivity contribution in [1.29, 1.82) is 0 Å². The van der Waals surface area contributed by atoms with E-state index in [1.54, 1.807) is 12.3 Å². The lowest BCUT2D eigenvalue weighted by Gasteiger charge is -2.12. The smallest absolute Gasteiger partial charge is 0.261 e. The Morgan fingerprint density at radius 2 is 2.33 bits per heavy atom. The van der Waals surface area contributed by atoms with E-state index in [0.29, 0.717) is 28.6 Å². The van der Waals surface area contributed by atoms with Crippen molar-refractivity contribution in [3.05, 3.63) is 57.4 Å². The van der Waals surface area contributed by atoms with Gasteiger partial charge >= 0.3 is 0 Å². The molecule has 0 spiro atoms. The van der Waals surface area contributed by atoms with E-state index in [-0.39, 0.29) is 12.0 Å². The van der Waals surface area contributed by atoms with E-state index >= 15 is 0 Å². The number of nitrogens with zero attached hydrogens (tertiary/aromatic N) is 2. The number of aromatic nitrogens is 2. The van der Waals surface area contributed by atoms with Gasteiger partial charge in [0.15, 0.2) is 5.16 Å².